The Morgan fingerprint density at radius 1 is 1.15 bits per heavy atom. The molecule has 1 atom stereocenters. The fourth-order valence-corrected chi connectivity index (χ4v) is 4.54. The summed E-state index contributed by atoms with van der Waals surface area (Å²) in [6, 6.07) is 15.0. The Labute approximate surface area is 162 Å². The summed E-state index contributed by atoms with van der Waals surface area (Å²) < 4.78 is 14.6. The van der Waals surface area contributed by atoms with Crippen molar-refractivity contribution in [3.05, 3.63) is 75.4 Å². The van der Waals surface area contributed by atoms with E-state index < -0.39 is 10.8 Å². The van der Waals surface area contributed by atoms with Gasteiger partial charge in [0.15, 0.2) is 0 Å². The van der Waals surface area contributed by atoms with Crippen LogP contribution in [-0.4, -0.2) is 19.9 Å². The summed E-state index contributed by atoms with van der Waals surface area (Å²) in [5, 5.41) is 7.62. The molecule has 5 nitrogen and oxygen atoms in total. The molecule has 1 aliphatic rings. The van der Waals surface area contributed by atoms with Crippen molar-refractivity contribution in [2.45, 2.75) is 18.4 Å². The van der Waals surface area contributed by atoms with Gasteiger partial charge in [-0.05, 0) is 42.8 Å². The van der Waals surface area contributed by atoms with Gasteiger partial charge in [0.1, 0.15) is 5.82 Å². The van der Waals surface area contributed by atoms with E-state index in [2.05, 4.69) is 26.3 Å². The number of halogens is 1. The molecule has 7 heteroatoms. The highest BCUT2D eigenvalue weighted by atomic mass is 79.9. The van der Waals surface area contributed by atoms with Crippen LogP contribution in [0.25, 0.3) is 5.69 Å². The first-order valence-electron chi connectivity index (χ1n) is 8.11. The van der Waals surface area contributed by atoms with Crippen LogP contribution in [0, 0.1) is 6.92 Å². The lowest BCUT2D eigenvalue weighted by atomic mass is 10.2. The monoisotopic (exact) mass is 429 g/mol. The molecule has 1 unspecified atom stereocenters. The summed E-state index contributed by atoms with van der Waals surface area (Å²) in [5.74, 6) is 1.23. The number of carbonyl (C=O) groups excluding carboxylic acids is 1. The minimum Gasteiger partial charge on any atom is -0.306 e. The van der Waals surface area contributed by atoms with E-state index in [-0.39, 0.29) is 5.91 Å². The van der Waals surface area contributed by atoms with Gasteiger partial charge in [-0.3, -0.25) is 9.00 Å². The summed E-state index contributed by atoms with van der Waals surface area (Å²) in [6.45, 7) is 2.00. The molecule has 1 N–H and O–H groups in total. The molecular formula is C19H16BrN3O2S. The number of amides is 1. The smallest absolute Gasteiger partial charge is 0.256 e. The first-order valence-corrected chi connectivity index (χ1v) is 10.4. The van der Waals surface area contributed by atoms with Crippen LogP contribution in [0.1, 0.15) is 27.2 Å². The number of anilines is 1. The number of carbonyl (C=O) groups is 1. The molecule has 1 aliphatic heterocycles. The Hall–Kier alpha value is -2.25. The lowest BCUT2D eigenvalue weighted by molar-refractivity contribution is 0.102. The maximum atomic E-state index is 12.7. The molecule has 0 bridgehead atoms. The number of benzene rings is 2. The highest BCUT2D eigenvalue weighted by Gasteiger charge is 2.28. The molecule has 2 aromatic carbocycles. The molecular weight excluding hydrogens is 414 g/mol. The standard InChI is InChI=1S/C19H16BrN3O2S/c1-12-4-2-3-5-17(12)23-18(15-10-26(25)11-16(15)22-23)21-19(24)13-6-8-14(20)9-7-13/h2-9H,10-11H2,1H3,(H,21,24). The van der Waals surface area contributed by atoms with Crippen LogP contribution in [0.2, 0.25) is 0 Å². The molecule has 132 valence electrons. The fraction of sp³-hybridized carbons (Fsp3) is 0.158. The van der Waals surface area contributed by atoms with Gasteiger partial charge in [-0.1, -0.05) is 34.1 Å². The maximum absolute atomic E-state index is 12.7. The molecule has 4 rings (SSSR count). The van der Waals surface area contributed by atoms with Crippen LogP contribution >= 0.6 is 15.9 Å². The zero-order valence-electron chi connectivity index (χ0n) is 14.0. The SMILES string of the molecule is Cc1ccccc1-n1nc2c(c1NC(=O)c1ccc(Br)cc1)CS(=O)C2. The Morgan fingerprint density at radius 3 is 2.62 bits per heavy atom. The second-order valence-corrected chi connectivity index (χ2v) is 8.53. The van der Waals surface area contributed by atoms with Gasteiger partial charge < -0.3 is 5.32 Å². The number of aryl methyl sites for hydroxylation is 1. The van der Waals surface area contributed by atoms with E-state index in [1.807, 2.05) is 43.3 Å². The van der Waals surface area contributed by atoms with Crippen LogP contribution in [0.15, 0.2) is 53.0 Å². The van der Waals surface area contributed by atoms with Crippen molar-refractivity contribution in [1.29, 1.82) is 0 Å². The molecule has 3 aromatic rings. The van der Waals surface area contributed by atoms with E-state index >= 15 is 0 Å². The molecule has 0 fully saturated rings. The molecule has 0 aliphatic carbocycles. The zero-order valence-corrected chi connectivity index (χ0v) is 16.4. The van der Waals surface area contributed by atoms with Gasteiger partial charge in [0.2, 0.25) is 0 Å². The first-order chi connectivity index (χ1) is 12.5. The van der Waals surface area contributed by atoms with Gasteiger partial charge in [0.05, 0.1) is 22.9 Å². The number of hydrogen-bond donors (Lipinski definition) is 1. The number of fused-ring (bicyclic) bond motifs is 1. The zero-order chi connectivity index (χ0) is 18.3. The molecule has 26 heavy (non-hydrogen) atoms. The third-order valence-electron chi connectivity index (χ3n) is 4.35. The molecule has 1 amide bonds. The van der Waals surface area contributed by atoms with Crippen molar-refractivity contribution in [2.24, 2.45) is 0 Å². The van der Waals surface area contributed by atoms with Gasteiger partial charge in [0, 0.05) is 26.4 Å². The molecule has 0 radical (unpaired) electrons. The topological polar surface area (TPSA) is 64.0 Å². The number of para-hydroxylation sites is 1. The number of nitrogens with one attached hydrogen (secondary N) is 1. The number of nitrogens with zero attached hydrogens (tertiary/aromatic N) is 2. The van der Waals surface area contributed by atoms with Crippen LogP contribution in [-0.2, 0) is 22.3 Å². The Bertz CT molecular complexity index is 1030. The predicted molar refractivity (Wildman–Crippen MR) is 106 cm³/mol. The minimum absolute atomic E-state index is 0.215. The van der Waals surface area contributed by atoms with E-state index in [1.165, 1.54) is 0 Å². The van der Waals surface area contributed by atoms with Crippen LogP contribution in [0.5, 0.6) is 0 Å². The predicted octanol–water partition coefficient (Wildman–Crippen LogP) is 3.96. The van der Waals surface area contributed by atoms with Crippen LogP contribution < -0.4 is 5.32 Å². The lowest BCUT2D eigenvalue weighted by Crippen LogP contribution is -2.17. The number of aromatic nitrogens is 2. The molecule has 0 saturated heterocycles. The van der Waals surface area contributed by atoms with Gasteiger partial charge in [0.25, 0.3) is 5.91 Å². The average molecular weight is 430 g/mol. The Morgan fingerprint density at radius 2 is 1.88 bits per heavy atom. The highest BCUT2D eigenvalue weighted by Crippen LogP contribution is 2.32. The van der Waals surface area contributed by atoms with Gasteiger partial charge >= 0.3 is 0 Å². The van der Waals surface area contributed by atoms with Crippen molar-refractivity contribution in [3.63, 3.8) is 0 Å². The third-order valence-corrected chi connectivity index (χ3v) is 6.09. The molecule has 0 saturated carbocycles. The first kappa shape index (κ1) is 17.2. The second-order valence-electron chi connectivity index (χ2n) is 6.16. The molecule has 2 heterocycles. The van der Waals surface area contributed by atoms with E-state index in [9.17, 15) is 9.00 Å². The molecule has 1 aromatic heterocycles. The van der Waals surface area contributed by atoms with Crippen LogP contribution in [0.4, 0.5) is 5.82 Å². The van der Waals surface area contributed by atoms with Gasteiger partial charge in [-0.25, -0.2) is 4.68 Å². The Kier molecular flexibility index (Phi) is 4.50. The van der Waals surface area contributed by atoms with Gasteiger partial charge in [-0.2, -0.15) is 5.10 Å². The largest absolute Gasteiger partial charge is 0.306 e. The van der Waals surface area contributed by atoms with Crippen molar-refractivity contribution in [3.8, 4) is 5.69 Å². The fourth-order valence-electron chi connectivity index (χ4n) is 3.01. The second kappa shape index (κ2) is 6.81. The summed E-state index contributed by atoms with van der Waals surface area (Å²) in [4.78, 5) is 12.7. The summed E-state index contributed by atoms with van der Waals surface area (Å²) in [7, 11) is -0.964. The van der Waals surface area contributed by atoms with E-state index in [0.29, 0.717) is 22.9 Å². The van der Waals surface area contributed by atoms with E-state index in [0.717, 1.165) is 27.0 Å². The summed E-state index contributed by atoms with van der Waals surface area (Å²) >= 11 is 3.37. The van der Waals surface area contributed by atoms with Gasteiger partial charge in [-0.15, -0.1) is 0 Å². The third kappa shape index (κ3) is 3.12. The molecule has 0 spiro atoms. The summed E-state index contributed by atoms with van der Waals surface area (Å²) in [6.07, 6.45) is 0. The van der Waals surface area contributed by atoms with E-state index in [1.54, 1.807) is 16.8 Å². The average Bonchev–Trinajstić information content (AvgIpc) is 3.13. The maximum Gasteiger partial charge on any atom is 0.256 e. The number of rotatable bonds is 3. The van der Waals surface area contributed by atoms with Crippen molar-refractivity contribution >= 4 is 38.5 Å². The summed E-state index contributed by atoms with van der Waals surface area (Å²) in [5.41, 5.74) is 4.15. The highest BCUT2D eigenvalue weighted by molar-refractivity contribution is 9.10. The van der Waals surface area contributed by atoms with E-state index in [4.69, 9.17) is 0 Å². The normalized spacial score (nSPS) is 15.7. The van der Waals surface area contributed by atoms with Crippen molar-refractivity contribution in [1.82, 2.24) is 9.78 Å². The minimum atomic E-state index is -0.964. The van der Waals surface area contributed by atoms with Crippen LogP contribution in [0.3, 0.4) is 0 Å². The lowest BCUT2D eigenvalue weighted by Gasteiger charge is -2.13. The van der Waals surface area contributed by atoms with Crippen molar-refractivity contribution < 1.29 is 9.00 Å². The number of hydrogen-bond acceptors (Lipinski definition) is 3. The quantitative estimate of drug-likeness (QED) is 0.684. The Balaban J connectivity index is 1.77. The van der Waals surface area contributed by atoms with Crippen molar-refractivity contribution in [2.75, 3.05) is 5.32 Å².